The van der Waals surface area contributed by atoms with Gasteiger partial charge in [0.25, 0.3) is 0 Å². The quantitative estimate of drug-likeness (QED) is 0.748. The third-order valence-electron chi connectivity index (χ3n) is 2.97. The fraction of sp³-hybridized carbons (Fsp3) is 0.562. The zero-order valence-electron chi connectivity index (χ0n) is 12.8. The molecule has 0 N–H and O–H groups in total. The predicted octanol–water partition coefficient (Wildman–Crippen LogP) is 3.86. The van der Waals surface area contributed by atoms with Crippen molar-refractivity contribution in [3.8, 4) is 11.5 Å². The van der Waals surface area contributed by atoms with Crippen LogP contribution in [0.4, 0.5) is 0 Å². The number of hydrogen-bond donors (Lipinski definition) is 0. The van der Waals surface area contributed by atoms with Crippen LogP contribution in [-0.2, 0) is 11.2 Å². The van der Waals surface area contributed by atoms with Gasteiger partial charge in [0.2, 0.25) is 0 Å². The van der Waals surface area contributed by atoms with Gasteiger partial charge in [-0.05, 0) is 31.0 Å². The highest BCUT2D eigenvalue weighted by atomic mass is 35.5. The summed E-state index contributed by atoms with van der Waals surface area (Å²) in [6.07, 6.45) is 0.488. The van der Waals surface area contributed by atoms with E-state index >= 15 is 0 Å². The van der Waals surface area contributed by atoms with E-state index in [2.05, 4.69) is 0 Å². The number of methoxy groups -OCH3 is 1. The third-order valence-corrected chi connectivity index (χ3v) is 3.32. The molecule has 3 nitrogen and oxygen atoms in total. The molecule has 0 aliphatic rings. The van der Waals surface area contributed by atoms with Gasteiger partial charge in [-0.15, -0.1) is 11.6 Å². The molecule has 0 aliphatic carbocycles. The summed E-state index contributed by atoms with van der Waals surface area (Å²) in [4.78, 5) is 12.1. The van der Waals surface area contributed by atoms with Crippen molar-refractivity contribution < 1.29 is 14.3 Å². The van der Waals surface area contributed by atoms with Crippen molar-refractivity contribution in [1.29, 1.82) is 0 Å². The summed E-state index contributed by atoms with van der Waals surface area (Å²) in [6, 6.07) is 5.63. The SMILES string of the molecule is CCOc1cc(CC(Cl)C(=O)C(C)(C)C)ccc1OC. The van der Waals surface area contributed by atoms with E-state index in [1.54, 1.807) is 7.11 Å². The molecule has 112 valence electrons. The Morgan fingerprint density at radius 2 is 1.95 bits per heavy atom. The third kappa shape index (κ3) is 4.41. The normalized spacial score (nSPS) is 12.9. The minimum absolute atomic E-state index is 0.0490. The Kier molecular flexibility index (Phi) is 5.88. The van der Waals surface area contributed by atoms with Gasteiger partial charge in [0.05, 0.1) is 19.1 Å². The molecule has 0 spiro atoms. The van der Waals surface area contributed by atoms with Gasteiger partial charge >= 0.3 is 0 Å². The van der Waals surface area contributed by atoms with Gasteiger partial charge in [0, 0.05) is 5.41 Å². The van der Waals surface area contributed by atoms with Crippen molar-refractivity contribution >= 4 is 17.4 Å². The first-order valence-electron chi connectivity index (χ1n) is 6.77. The molecule has 1 unspecified atom stereocenters. The molecule has 0 radical (unpaired) electrons. The van der Waals surface area contributed by atoms with Crippen LogP contribution in [0.25, 0.3) is 0 Å². The molecular formula is C16H23ClO3. The van der Waals surface area contributed by atoms with Crippen molar-refractivity contribution in [3.63, 3.8) is 0 Å². The minimum Gasteiger partial charge on any atom is -0.493 e. The van der Waals surface area contributed by atoms with Crippen LogP contribution < -0.4 is 9.47 Å². The zero-order valence-corrected chi connectivity index (χ0v) is 13.6. The highest BCUT2D eigenvalue weighted by molar-refractivity contribution is 6.31. The van der Waals surface area contributed by atoms with E-state index in [9.17, 15) is 4.79 Å². The smallest absolute Gasteiger partial charge is 0.161 e. The van der Waals surface area contributed by atoms with Gasteiger partial charge in [-0.1, -0.05) is 26.8 Å². The summed E-state index contributed by atoms with van der Waals surface area (Å²) < 4.78 is 10.8. The van der Waals surface area contributed by atoms with E-state index in [4.69, 9.17) is 21.1 Å². The molecule has 0 bridgehead atoms. The molecule has 0 fully saturated rings. The van der Waals surface area contributed by atoms with Crippen molar-refractivity contribution in [2.75, 3.05) is 13.7 Å². The maximum absolute atomic E-state index is 12.1. The standard InChI is InChI=1S/C16H23ClO3/c1-6-20-14-10-11(7-8-13(14)19-5)9-12(17)15(18)16(2,3)4/h7-8,10,12H,6,9H2,1-5H3. The largest absolute Gasteiger partial charge is 0.493 e. The molecule has 1 rings (SSSR count). The Labute approximate surface area is 126 Å². The maximum atomic E-state index is 12.1. The van der Waals surface area contributed by atoms with Crippen molar-refractivity contribution in [2.45, 2.75) is 39.5 Å². The molecule has 0 saturated heterocycles. The summed E-state index contributed by atoms with van der Waals surface area (Å²) in [5, 5.41) is -0.530. The summed E-state index contributed by atoms with van der Waals surface area (Å²) in [5.74, 6) is 1.41. The Balaban J connectivity index is 2.88. The molecule has 0 heterocycles. The first kappa shape index (κ1) is 16.8. The molecule has 0 aliphatic heterocycles. The highest BCUT2D eigenvalue weighted by Gasteiger charge is 2.28. The average molecular weight is 299 g/mol. The van der Waals surface area contributed by atoms with Gasteiger partial charge in [-0.25, -0.2) is 0 Å². The van der Waals surface area contributed by atoms with Crippen molar-refractivity contribution in [3.05, 3.63) is 23.8 Å². The van der Waals surface area contributed by atoms with Gasteiger partial charge in [-0.3, -0.25) is 4.79 Å². The van der Waals surface area contributed by atoms with Crippen molar-refractivity contribution in [1.82, 2.24) is 0 Å². The van der Waals surface area contributed by atoms with Crippen LogP contribution in [-0.4, -0.2) is 24.9 Å². The van der Waals surface area contributed by atoms with E-state index in [-0.39, 0.29) is 5.78 Å². The summed E-state index contributed by atoms with van der Waals surface area (Å²) in [5.41, 5.74) is 0.536. The second kappa shape index (κ2) is 6.98. The molecular weight excluding hydrogens is 276 g/mol. The second-order valence-corrected chi connectivity index (χ2v) is 6.23. The average Bonchev–Trinajstić information content (AvgIpc) is 2.37. The van der Waals surface area contributed by atoms with E-state index in [0.29, 0.717) is 24.5 Å². The van der Waals surface area contributed by atoms with E-state index in [0.717, 1.165) is 5.56 Å². The number of ketones is 1. The van der Waals surface area contributed by atoms with Gasteiger partial charge < -0.3 is 9.47 Å². The molecule has 0 aromatic heterocycles. The van der Waals surface area contributed by atoms with Crippen LogP contribution in [0.3, 0.4) is 0 Å². The topological polar surface area (TPSA) is 35.5 Å². The molecule has 1 aromatic carbocycles. The number of halogens is 1. The number of benzene rings is 1. The molecule has 0 saturated carbocycles. The van der Waals surface area contributed by atoms with E-state index in [1.165, 1.54) is 0 Å². The lowest BCUT2D eigenvalue weighted by molar-refractivity contribution is -0.125. The molecule has 1 aromatic rings. The minimum atomic E-state index is -0.530. The lowest BCUT2D eigenvalue weighted by atomic mass is 9.87. The number of alkyl halides is 1. The Hall–Kier alpha value is -1.22. The van der Waals surface area contributed by atoms with Crippen LogP contribution >= 0.6 is 11.6 Å². The lowest BCUT2D eigenvalue weighted by Crippen LogP contribution is -2.30. The van der Waals surface area contributed by atoms with Gasteiger partial charge in [0.1, 0.15) is 0 Å². The van der Waals surface area contributed by atoms with Crippen LogP contribution in [0, 0.1) is 5.41 Å². The lowest BCUT2D eigenvalue weighted by Gasteiger charge is -2.20. The maximum Gasteiger partial charge on any atom is 0.161 e. The molecule has 0 amide bonds. The Morgan fingerprint density at radius 1 is 1.30 bits per heavy atom. The number of carbonyl (C=O) groups is 1. The van der Waals surface area contributed by atoms with E-state index < -0.39 is 10.8 Å². The summed E-state index contributed by atoms with van der Waals surface area (Å²) in [6.45, 7) is 8.11. The zero-order chi connectivity index (χ0) is 15.3. The number of Topliss-reactive ketones (excluding diaryl/α,β-unsaturated/α-hetero) is 1. The highest BCUT2D eigenvalue weighted by Crippen LogP contribution is 2.30. The number of hydrogen-bond acceptors (Lipinski definition) is 3. The Morgan fingerprint density at radius 3 is 2.45 bits per heavy atom. The first-order chi connectivity index (χ1) is 9.29. The Bertz CT molecular complexity index is 463. The van der Waals surface area contributed by atoms with Crippen LogP contribution in [0.5, 0.6) is 11.5 Å². The summed E-state index contributed by atoms with van der Waals surface area (Å²) in [7, 11) is 1.60. The first-order valence-corrected chi connectivity index (χ1v) is 7.21. The summed E-state index contributed by atoms with van der Waals surface area (Å²) >= 11 is 6.23. The van der Waals surface area contributed by atoms with Crippen LogP contribution in [0.2, 0.25) is 0 Å². The molecule has 1 atom stereocenters. The predicted molar refractivity (Wildman–Crippen MR) is 82.0 cm³/mol. The monoisotopic (exact) mass is 298 g/mol. The number of ether oxygens (including phenoxy) is 2. The number of rotatable bonds is 6. The van der Waals surface area contributed by atoms with Gasteiger partial charge in [-0.2, -0.15) is 0 Å². The molecule has 4 heteroatoms. The second-order valence-electron chi connectivity index (χ2n) is 5.70. The van der Waals surface area contributed by atoms with Crippen LogP contribution in [0.1, 0.15) is 33.3 Å². The number of carbonyl (C=O) groups excluding carboxylic acids is 1. The van der Waals surface area contributed by atoms with E-state index in [1.807, 2.05) is 45.9 Å². The van der Waals surface area contributed by atoms with Gasteiger partial charge in [0.15, 0.2) is 17.3 Å². The fourth-order valence-corrected chi connectivity index (χ4v) is 2.39. The molecule has 20 heavy (non-hydrogen) atoms. The fourth-order valence-electron chi connectivity index (χ4n) is 1.89. The van der Waals surface area contributed by atoms with Crippen LogP contribution in [0.15, 0.2) is 18.2 Å². The van der Waals surface area contributed by atoms with Crippen molar-refractivity contribution in [2.24, 2.45) is 5.41 Å².